The molecule has 158 valence electrons. The van der Waals surface area contributed by atoms with Gasteiger partial charge in [0.05, 0.1) is 18.5 Å². The van der Waals surface area contributed by atoms with E-state index in [-0.39, 0.29) is 0 Å². The molecule has 0 amide bonds. The molecule has 26 heavy (non-hydrogen) atoms. The van der Waals surface area contributed by atoms with Crippen molar-refractivity contribution in [1.82, 2.24) is 0 Å². The average molecular weight is 386 g/mol. The van der Waals surface area contributed by atoms with Crippen LogP contribution >= 0.6 is 7.26 Å². The van der Waals surface area contributed by atoms with Gasteiger partial charge in [-0.2, -0.15) is 0 Å². The van der Waals surface area contributed by atoms with Gasteiger partial charge in [-0.3, -0.25) is 0 Å². The van der Waals surface area contributed by atoms with Crippen LogP contribution in [0.15, 0.2) is 0 Å². The van der Waals surface area contributed by atoms with E-state index >= 15 is 0 Å². The Kier molecular flexibility index (Phi) is 16.7. The first-order valence-corrected chi connectivity index (χ1v) is 15.1. The van der Waals surface area contributed by atoms with Gasteiger partial charge >= 0.3 is 0 Å². The van der Waals surface area contributed by atoms with Crippen LogP contribution in [0.25, 0.3) is 0 Å². The van der Waals surface area contributed by atoms with Crippen LogP contribution in [-0.4, -0.2) is 25.2 Å². The molecule has 0 aromatic carbocycles. The topological polar surface area (TPSA) is 0 Å². The Morgan fingerprint density at radius 1 is 0.500 bits per heavy atom. The fourth-order valence-corrected chi connectivity index (χ4v) is 10.4. The SMILES string of the molecule is CCCCC(CC)C[P+](C)(CC(CC)CCCC)CC(CC)CCCC. The summed E-state index contributed by atoms with van der Waals surface area (Å²) in [6.07, 6.45) is 21.9. The first-order chi connectivity index (χ1) is 12.5. The molecule has 0 nitrogen and oxygen atoms in total. The Bertz CT molecular complexity index is 253. The van der Waals surface area contributed by atoms with E-state index in [1.54, 1.807) is 18.5 Å². The van der Waals surface area contributed by atoms with Gasteiger partial charge in [-0.25, -0.2) is 0 Å². The van der Waals surface area contributed by atoms with Crippen LogP contribution in [-0.2, 0) is 0 Å². The van der Waals surface area contributed by atoms with Crippen LogP contribution in [0, 0.1) is 17.8 Å². The third-order valence-corrected chi connectivity index (χ3v) is 10.9. The zero-order valence-electron chi connectivity index (χ0n) is 19.8. The van der Waals surface area contributed by atoms with Gasteiger partial charge < -0.3 is 0 Å². The number of unbranched alkanes of at least 4 members (excludes halogenated alkanes) is 3. The number of hydrogen-bond acceptors (Lipinski definition) is 0. The highest BCUT2D eigenvalue weighted by Gasteiger charge is 2.38. The van der Waals surface area contributed by atoms with Gasteiger partial charge in [-0.15, -0.1) is 0 Å². The predicted octanol–water partition coefficient (Wildman–Crippen LogP) is 9.28. The maximum atomic E-state index is 2.78. The molecule has 0 spiro atoms. The second-order valence-corrected chi connectivity index (χ2v) is 13.8. The van der Waals surface area contributed by atoms with Crippen molar-refractivity contribution in [2.75, 3.05) is 25.2 Å². The Morgan fingerprint density at radius 3 is 0.962 bits per heavy atom. The maximum Gasteiger partial charge on any atom is 0.0619 e. The monoisotopic (exact) mass is 385 g/mol. The molecule has 0 N–H and O–H groups in total. The van der Waals surface area contributed by atoms with Crippen LogP contribution in [0.5, 0.6) is 0 Å². The molecule has 0 saturated heterocycles. The minimum atomic E-state index is -0.808. The van der Waals surface area contributed by atoms with E-state index < -0.39 is 7.26 Å². The Labute approximate surface area is 169 Å². The summed E-state index contributed by atoms with van der Waals surface area (Å²) in [6.45, 7) is 17.2. The van der Waals surface area contributed by atoms with Crippen LogP contribution in [0.4, 0.5) is 0 Å². The minimum absolute atomic E-state index is 0.808. The third kappa shape index (κ3) is 12.0. The second kappa shape index (κ2) is 16.4. The zero-order chi connectivity index (χ0) is 19.8. The van der Waals surface area contributed by atoms with Crippen LogP contribution in [0.2, 0.25) is 0 Å². The van der Waals surface area contributed by atoms with Crippen molar-refractivity contribution in [2.45, 2.75) is 119 Å². The smallest absolute Gasteiger partial charge is 0.0619 e. The van der Waals surface area contributed by atoms with Crippen molar-refractivity contribution >= 4 is 7.26 Å². The standard InChI is InChI=1S/C25H54P/c1-8-14-17-23(11-4)20-26(7,21-24(12-5)18-15-9-2)22-25(13-6)19-16-10-3/h23-25H,8-22H2,1-7H3/q+1. The van der Waals surface area contributed by atoms with Crippen LogP contribution in [0.1, 0.15) is 119 Å². The van der Waals surface area contributed by atoms with E-state index in [2.05, 4.69) is 48.2 Å². The van der Waals surface area contributed by atoms with Crippen molar-refractivity contribution in [3.05, 3.63) is 0 Å². The molecule has 0 radical (unpaired) electrons. The molecule has 3 atom stereocenters. The van der Waals surface area contributed by atoms with E-state index in [0.717, 1.165) is 17.8 Å². The van der Waals surface area contributed by atoms with E-state index in [1.165, 1.54) is 77.0 Å². The summed E-state index contributed by atoms with van der Waals surface area (Å²) in [5.74, 6) is 3.00. The van der Waals surface area contributed by atoms with Crippen molar-refractivity contribution in [1.29, 1.82) is 0 Å². The molecule has 0 aliphatic rings. The number of hydrogen-bond donors (Lipinski definition) is 0. The summed E-state index contributed by atoms with van der Waals surface area (Å²) in [6, 6.07) is 0. The highest BCUT2D eigenvalue weighted by molar-refractivity contribution is 7.75. The molecule has 0 saturated carbocycles. The lowest BCUT2D eigenvalue weighted by atomic mass is 10.0. The molecular weight excluding hydrogens is 331 g/mol. The molecule has 1 heteroatoms. The van der Waals surface area contributed by atoms with Gasteiger partial charge in [0.15, 0.2) is 0 Å². The molecule has 0 aliphatic carbocycles. The molecular formula is C25H54P+. The molecule has 0 aromatic heterocycles. The summed E-state index contributed by atoms with van der Waals surface area (Å²) in [5, 5.41) is 0. The maximum absolute atomic E-state index is 2.78. The first-order valence-electron chi connectivity index (χ1n) is 12.3. The van der Waals surface area contributed by atoms with Crippen LogP contribution < -0.4 is 0 Å². The van der Waals surface area contributed by atoms with Crippen molar-refractivity contribution in [2.24, 2.45) is 17.8 Å². The number of rotatable bonds is 18. The van der Waals surface area contributed by atoms with Gasteiger partial charge in [0.2, 0.25) is 0 Å². The van der Waals surface area contributed by atoms with Crippen molar-refractivity contribution < 1.29 is 0 Å². The summed E-state index contributed by atoms with van der Waals surface area (Å²) < 4.78 is 0. The summed E-state index contributed by atoms with van der Waals surface area (Å²) in [7, 11) is -0.808. The largest absolute Gasteiger partial charge is 0.0654 e. The molecule has 0 aromatic rings. The van der Waals surface area contributed by atoms with E-state index in [1.807, 2.05) is 0 Å². The highest BCUT2D eigenvalue weighted by atomic mass is 31.2. The van der Waals surface area contributed by atoms with E-state index in [0.29, 0.717) is 0 Å². The molecule has 0 rings (SSSR count). The molecule has 0 bridgehead atoms. The zero-order valence-corrected chi connectivity index (χ0v) is 20.7. The van der Waals surface area contributed by atoms with Crippen LogP contribution in [0.3, 0.4) is 0 Å². The molecule has 0 heterocycles. The first kappa shape index (κ1) is 26.4. The summed E-state index contributed by atoms with van der Waals surface area (Å²) >= 11 is 0. The molecule has 0 fully saturated rings. The quantitative estimate of drug-likeness (QED) is 0.206. The Morgan fingerprint density at radius 2 is 0.769 bits per heavy atom. The highest BCUT2D eigenvalue weighted by Crippen LogP contribution is 2.61. The van der Waals surface area contributed by atoms with Crippen molar-refractivity contribution in [3.8, 4) is 0 Å². The van der Waals surface area contributed by atoms with Gasteiger partial charge in [0, 0.05) is 13.9 Å². The fraction of sp³-hybridized carbons (Fsp3) is 1.00. The van der Waals surface area contributed by atoms with Gasteiger partial charge in [0.1, 0.15) is 0 Å². The molecule has 3 unspecified atom stereocenters. The van der Waals surface area contributed by atoms with Gasteiger partial charge in [0.25, 0.3) is 0 Å². The average Bonchev–Trinajstić information content (AvgIpc) is 2.65. The fourth-order valence-electron chi connectivity index (χ4n) is 4.85. The van der Waals surface area contributed by atoms with E-state index in [4.69, 9.17) is 0 Å². The lowest BCUT2D eigenvalue weighted by Crippen LogP contribution is -2.22. The van der Waals surface area contributed by atoms with Gasteiger partial charge in [-0.05, 0) is 56.3 Å². The lowest BCUT2D eigenvalue weighted by molar-refractivity contribution is 0.468. The summed E-state index contributed by atoms with van der Waals surface area (Å²) in [4.78, 5) is 0. The second-order valence-electron chi connectivity index (χ2n) is 9.42. The summed E-state index contributed by atoms with van der Waals surface area (Å²) in [5.41, 5.74) is 0. The minimum Gasteiger partial charge on any atom is -0.0654 e. The predicted molar refractivity (Wildman–Crippen MR) is 127 cm³/mol. The van der Waals surface area contributed by atoms with Crippen molar-refractivity contribution in [3.63, 3.8) is 0 Å². The third-order valence-electron chi connectivity index (χ3n) is 6.73. The normalized spacial score (nSPS) is 17.7. The lowest BCUT2D eigenvalue weighted by Gasteiger charge is -2.33. The molecule has 0 aliphatic heterocycles. The Balaban J connectivity index is 5.12. The van der Waals surface area contributed by atoms with E-state index in [9.17, 15) is 0 Å². The Hall–Kier alpha value is 0.430. The van der Waals surface area contributed by atoms with Gasteiger partial charge in [-0.1, -0.05) is 80.1 Å².